The second kappa shape index (κ2) is 13.9. The number of ether oxygens (including phenoxy) is 1. The van der Waals surface area contributed by atoms with Crippen LogP contribution in [-0.2, 0) is 14.3 Å². The van der Waals surface area contributed by atoms with E-state index in [-0.39, 0.29) is 29.9 Å². The molecule has 43 heavy (non-hydrogen) atoms. The molecule has 11 heteroatoms. The van der Waals surface area contributed by atoms with Crippen LogP contribution in [0, 0.1) is 0 Å². The number of rotatable bonds is 9. The molecule has 2 aromatic carbocycles. The van der Waals surface area contributed by atoms with E-state index in [1.807, 2.05) is 11.0 Å². The second-order valence-corrected chi connectivity index (χ2v) is 10.6. The number of carboxylic acid groups (broad SMARTS) is 1. The summed E-state index contributed by atoms with van der Waals surface area (Å²) >= 11 is 0. The molecule has 2 unspecified atom stereocenters. The van der Waals surface area contributed by atoms with E-state index in [4.69, 9.17) is 4.74 Å². The molecule has 0 spiro atoms. The van der Waals surface area contributed by atoms with E-state index in [9.17, 15) is 24.3 Å². The fraction of sp³-hybridized carbons (Fsp3) is 0.344. The third-order valence-electron chi connectivity index (χ3n) is 7.67. The molecule has 11 nitrogen and oxygen atoms in total. The van der Waals surface area contributed by atoms with Gasteiger partial charge in [0, 0.05) is 56.3 Å². The van der Waals surface area contributed by atoms with E-state index < -0.39 is 17.9 Å². The first-order valence-corrected chi connectivity index (χ1v) is 14.5. The van der Waals surface area contributed by atoms with E-state index >= 15 is 0 Å². The van der Waals surface area contributed by atoms with Crippen LogP contribution in [0.4, 0.5) is 11.4 Å². The number of carbonyl (C=O) groups is 4. The van der Waals surface area contributed by atoms with E-state index in [1.165, 1.54) is 6.20 Å². The van der Waals surface area contributed by atoms with Crippen LogP contribution < -0.4 is 15.5 Å². The van der Waals surface area contributed by atoms with Gasteiger partial charge in [0.1, 0.15) is 6.10 Å². The van der Waals surface area contributed by atoms with Gasteiger partial charge in [-0.15, -0.1) is 0 Å². The summed E-state index contributed by atoms with van der Waals surface area (Å²) in [5.74, 6) is -1.86. The van der Waals surface area contributed by atoms with Crippen LogP contribution in [0.2, 0.25) is 0 Å². The quantitative estimate of drug-likeness (QED) is 0.347. The van der Waals surface area contributed by atoms with Crippen molar-refractivity contribution in [3.05, 3.63) is 89.7 Å². The lowest BCUT2D eigenvalue weighted by molar-refractivity contribution is -0.140. The average Bonchev–Trinajstić information content (AvgIpc) is 3.46. The van der Waals surface area contributed by atoms with Crippen molar-refractivity contribution in [2.24, 2.45) is 0 Å². The highest BCUT2D eigenvalue weighted by Gasteiger charge is 2.30. The SMILES string of the molecule is O=C(O)CC(NC(=O)c1ccc(N2CCCN(C(=O)C3CCCO3)CC2)c(NC(=O)c2ccccc2)c1)c1cccnc1. The highest BCUT2D eigenvalue weighted by Crippen LogP contribution is 2.30. The average molecular weight is 586 g/mol. The van der Waals surface area contributed by atoms with Crippen LogP contribution in [0.1, 0.15) is 58.0 Å². The maximum absolute atomic E-state index is 13.4. The molecular weight excluding hydrogens is 550 g/mol. The molecule has 3 amide bonds. The molecule has 0 radical (unpaired) electrons. The van der Waals surface area contributed by atoms with Gasteiger partial charge in [-0.3, -0.25) is 24.2 Å². The van der Waals surface area contributed by atoms with Gasteiger partial charge in [-0.2, -0.15) is 0 Å². The Morgan fingerprint density at radius 1 is 0.930 bits per heavy atom. The van der Waals surface area contributed by atoms with Gasteiger partial charge in [0.15, 0.2) is 0 Å². The summed E-state index contributed by atoms with van der Waals surface area (Å²) < 4.78 is 5.61. The zero-order valence-electron chi connectivity index (χ0n) is 23.8. The number of pyridine rings is 1. The van der Waals surface area contributed by atoms with Crippen molar-refractivity contribution in [2.75, 3.05) is 43.0 Å². The number of aliphatic carboxylic acids is 1. The predicted molar refractivity (Wildman–Crippen MR) is 160 cm³/mol. The highest BCUT2D eigenvalue weighted by molar-refractivity contribution is 6.07. The molecule has 3 heterocycles. The molecule has 5 rings (SSSR count). The number of anilines is 2. The van der Waals surface area contributed by atoms with E-state index in [1.54, 1.807) is 60.8 Å². The van der Waals surface area contributed by atoms with E-state index in [0.29, 0.717) is 49.6 Å². The molecule has 3 aromatic rings. The van der Waals surface area contributed by atoms with Gasteiger partial charge < -0.3 is 30.3 Å². The van der Waals surface area contributed by atoms with Crippen molar-refractivity contribution in [1.29, 1.82) is 0 Å². The fourth-order valence-electron chi connectivity index (χ4n) is 5.44. The van der Waals surface area contributed by atoms with Crippen molar-refractivity contribution >= 4 is 35.1 Å². The Hall–Kier alpha value is -4.77. The largest absolute Gasteiger partial charge is 0.481 e. The topological polar surface area (TPSA) is 141 Å². The summed E-state index contributed by atoms with van der Waals surface area (Å²) in [7, 11) is 0. The Kier molecular flexibility index (Phi) is 9.63. The number of benzene rings is 2. The minimum atomic E-state index is -1.06. The summed E-state index contributed by atoms with van der Waals surface area (Å²) in [6.07, 6.45) is 4.77. The summed E-state index contributed by atoms with van der Waals surface area (Å²) in [5.41, 5.74) is 2.46. The number of carboxylic acids is 1. The molecule has 0 saturated carbocycles. The first-order valence-electron chi connectivity index (χ1n) is 14.5. The Balaban J connectivity index is 1.39. The maximum atomic E-state index is 13.4. The molecule has 2 atom stereocenters. The zero-order valence-corrected chi connectivity index (χ0v) is 23.8. The highest BCUT2D eigenvalue weighted by atomic mass is 16.5. The van der Waals surface area contributed by atoms with Crippen molar-refractivity contribution in [2.45, 2.75) is 37.8 Å². The number of aromatic nitrogens is 1. The Morgan fingerprint density at radius 3 is 2.49 bits per heavy atom. The van der Waals surface area contributed by atoms with Crippen LogP contribution in [0.3, 0.4) is 0 Å². The molecule has 3 N–H and O–H groups in total. The lowest BCUT2D eigenvalue weighted by Crippen LogP contribution is -2.41. The van der Waals surface area contributed by atoms with Gasteiger partial charge in [0.25, 0.3) is 17.7 Å². The van der Waals surface area contributed by atoms with Crippen molar-refractivity contribution in [3.63, 3.8) is 0 Å². The Morgan fingerprint density at radius 2 is 1.77 bits per heavy atom. The molecule has 2 aliphatic heterocycles. The van der Waals surface area contributed by atoms with Crippen molar-refractivity contribution in [3.8, 4) is 0 Å². The molecule has 2 saturated heterocycles. The lowest BCUT2D eigenvalue weighted by Gasteiger charge is -2.27. The van der Waals surface area contributed by atoms with Gasteiger partial charge in [-0.25, -0.2) is 0 Å². The first-order chi connectivity index (χ1) is 20.9. The van der Waals surface area contributed by atoms with Gasteiger partial charge in [-0.05, 0) is 61.2 Å². The fourth-order valence-corrected chi connectivity index (χ4v) is 5.44. The molecule has 2 aliphatic rings. The van der Waals surface area contributed by atoms with Gasteiger partial charge in [0.2, 0.25) is 0 Å². The Bertz CT molecular complexity index is 1450. The number of hydrogen-bond donors (Lipinski definition) is 3. The van der Waals surface area contributed by atoms with Crippen LogP contribution in [0.5, 0.6) is 0 Å². The van der Waals surface area contributed by atoms with Crippen molar-refractivity contribution in [1.82, 2.24) is 15.2 Å². The second-order valence-electron chi connectivity index (χ2n) is 10.6. The standard InChI is InChI=1S/C32H35N5O6/c38-29(39)20-25(24-9-4-13-33-21-24)34-31(41)23-11-12-27(26(19-23)35-30(40)22-7-2-1-3-8-22)36-14-6-15-37(17-16-36)32(42)28-10-5-18-43-28/h1-4,7-9,11-13,19,21,25,28H,5-6,10,14-18,20H2,(H,34,41)(H,35,40)(H,38,39). The van der Waals surface area contributed by atoms with Gasteiger partial charge >= 0.3 is 5.97 Å². The molecule has 2 fully saturated rings. The number of hydrogen-bond acceptors (Lipinski definition) is 7. The third kappa shape index (κ3) is 7.55. The predicted octanol–water partition coefficient (Wildman–Crippen LogP) is 3.50. The van der Waals surface area contributed by atoms with Crippen LogP contribution >= 0.6 is 0 Å². The maximum Gasteiger partial charge on any atom is 0.305 e. The van der Waals surface area contributed by atoms with Crippen LogP contribution in [0.15, 0.2) is 73.1 Å². The molecule has 1 aromatic heterocycles. The normalized spacial score (nSPS) is 17.5. The van der Waals surface area contributed by atoms with E-state index in [0.717, 1.165) is 24.9 Å². The monoisotopic (exact) mass is 585 g/mol. The molecule has 0 bridgehead atoms. The Labute approximate surface area is 249 Å². The van der Waals surface area contributed by atoms with Gasteiger partial charge in [-0.1, -0.05) is 24.3 Å². The van der Waals surface area contributed by atoms with E-state index in [2.05, 4.69) is 20.5 Å². The van der Waals surface area contributed by atoms with Gasteiger partial charge in [0.05, 0.1) is 23.8 Å². The number of nitrogens with one attached hydrogen (secondary N) is 2. The summed E-state index contributed by atoms with van der Waals surface area (Å²) in [5, 5.41) is 15.2. The third-order valence-corrected chi connectivity index (χ3v) is 7.67. The first kappa shape index (κ1) is 29.7. The number of amides is 3. The minimum absolute atomic E-state index is 0.0218. The molecule has 224 valence electrons. The van der Waals surface area contributed by atoms with Crippen molar-refractivity contribution < 1.29 is 29.0 Å². The number of carbonyl (C=O) groups excluding carboxylic acids is 3. The van der Waals surface area contributed by atoms with Crippen LogP contribution in [-0.4, -0.2) is 77.6 Å². The molecule has 0 aliphatic carbocycles. The zero-order chi connectivity index (χ0) is 30.2. The summed E-state index contributed by atoms with van der Waals surface area (Å²) in [6.45, 7) is 2.92. The summed E-state index contributed by atoms with van der Waals surface area (Å²) in [6, 6.07) is 16.4. The molecular formula is C32H35N5O6. The van der Waals surface area contributed by atoms with Crippen LogP contribution in [0.25, 0.3) is 0 Å². The smallest absolute Gasteiger partial charge is 0.305 e. The minimum Gasteiger partial charge on any atom is -0.481 e. The number of nitrogens with zero attached hydrogens (tertiary/aromatic N) is 3. The summed E-state index contributed by atoms with van der Waals surface area (Å²) in [4.78, 5) is 59.1. The lowest BCUT2D eigenvalue weighted by atomic mass is 10.0.